The van der Waals surface area contributed by atoms with Crippen molar-refractivity contribution in [1.82, 2.24) is 5.32 Å². The van der Waals surface area contributed by atoms with Crippen LogP contribution in [0.15, 0.2) is 0 Å². The van der Waals surface area contributed by atoms with Crippen molar-refractivity contribution in [3.8, 4) is 0 Å². The van der Waals surface area contributed by atoms with E-state index in [-0.39, 0.29) is 12.3 Å². The molecule has 0 aliphatic heterocycles. The number of alkyl halides is 3. The molecule has 2 N–H and O–H groups in total. The molecule has 1 rings (SSSR count). The number of hydrogen-bond donors (Lipinski definition) is 2. The van der Waals surface area contributed by atoms with Gasteiger partial charge < -0.3 is 10.4 Å². The van der Waals surface area contributed by atoms with Crippen LogP contribution in [0.1, 0.15) is 32.1 Å². The zero-order valence-electron chi connectivity index (χ0n) is 10.1. The van der Waals surface area contributed by atoms with Gasteiger partial charge in [-0.1, -0.05) is 19.3 Å². The van der Waals surface area contributed by atoms with E-state index in [0.29, 0.717) is 24.6 Å². The predicted octanol–water partition coefficient (Wildman–Crippen LogP) is 2.09. The average molecular weight is 285 g/mol. The first-order valence-electron chi connectivity index (χ1n) is 5.94. The fraction of sp³-hybridized carbons (Fsp3) is 0.909. The third-order valence-corrected chi connectivity index (χ3v) is 3.90. The molecule has 0 aromatic heterocycles. The summed E-state index contributed by atoms with van der Waals surface area (Å²) in [7, 11) is 0. The van der Waals surface area contributed by atoms with E-state index in [1.54, 1.807) is 0 Å². The topological polar surface area (TPSA) is 49.3 Å². The molecule has 7 heteroatoms. The molecule has 0 atom stereocenters. The molecule has 0 saturated heterocycles. The van der Waals surface area contributed by atoms with Crippen molar-refractivity contribution in [3.63, 3.8) is 0 Å². The third kappa shape index (κ3) is 6.49. The number of hydrogen-bond acceptors (Lipinski definition) is 3. The fourth-order valence-corrected chi connectivity index (χ4v) is 2.58. The van der Waals surface area contributed by atoms with Gasteiger partial charge in [-0.2, -0.15) is 13.2 Å². The molecule has 3 nitrogen and oxygen atoms in total. The Hall–Kier alpha value is -0.430. The second-order valence-corrected chi connectivity index (χ2v) is 5.66. The molecule has 0 aromatic rings. The van der Waals surface area contributed by atoms with E-state index in [4.69, 9.17) is 0 Å². The van der Waals surface area contributed by atoms with Crippen molar-refractivity contribution in [2.24, 2.45) is 0 Å². The van der Waals surface area contributed by atoms with Crippen LogP contribution in [-0.4, -0.2) is 40.8 Å². The Kier molecular flexibility index (Phi) is 5.78. The van der Waals surface area contributed by atoms with Crippen molar-refractivity contribution in [3.05, 3.63) is 0 Å². The number of carbonyl (C=O) groups excluding carboxylic acids is 1. The zero-order chi connectivity index (χ0) is 13.6. The molecule has 0 spiro atoms. The van der Waals surface area contributed by atoms with E-state index < -0.39 is 23.4 Å². The average Bonchev–Trinajstić information content (AvgIpc) is 2.26. The highest BCUT2D eigenvalue weighted by molar-refractivity contribution is 8.00. The van der Waals surface area contributed by atoms with Crippen molar-refractivity contribution >= 4 is 17.7 Å². The molecule has 1 saturated carbocycles. The van der Waals surface area contributed by atoms with Crippen LogP contribution < -0.4 is 5.32 Å². The molecule has 1 aliphatic carbocycles. The minimum Gasteiger partial charge on any atom is -0.388 e. The number of carbonyl (C=O) groups is 1. The molecule has 0 heterocycles. The summed E-state index contributed by atoms with van der Waals surface area (Å²) in [6.07, 6.45) is -0.0272. The molecule has 106 valence electrons. The normalized spacial score (nSPS) is 19.6. The van der Waals surface area contributed by atoms with Crippen LogP contribution in [-0.2, 0) is 4.79 Å². The molecule has 18 heavy (non-hydrogen) atoms. The highest BCUT2D eigenvalue weighted by Gasteiger charge is 2.30. The van der Waals surface area contributed by atoms with Gasteiger partial charge in [0.1, 0.15) is 0 Å². The lowest BCUT2D eigenvalue weighted by atomic mass is 9.85. The molecular formula is C11H18F3NO2S. The van der Waals surface area contributed by atoms with E-state index >= 15 is 0 Å². The maximum atomic E-state index is 11.9. The Morgan fingerprint density at radius 3 is 2.44 bits per heavy atom. The smallest absolute Gasteiger partial charge is 0.388 e. The first-order valence-corrected chi connectivity index (χ1v) is 7.10. The number of halogens is 3. The maximum absolute atomic E-state index is 11.9. The second-order valence-electron chi connectivity index (χ2n) is 4.67. The van der Waals surface area contributed by atoms with Gasteiger partial charge in [-0.25, -0.2) is 0 Å². The number of thioether (sulfide) groups is 1. The van der Waals surface area contributed by atoms with Crippen LogP contribution in [0.4, 0.5) is 13.2 Å². The Bertz CT molecular complexity index is 278. The Morgan fingerprint density at radius 1 is 1.28 bits per heavy atom. The summed E-state index contributed by atoms with van der Waals surface area (Å²) in [5.74, 6) is -1.71. The van der Waals surface area contributed by atoms with Crippen molar-refractivity contribution < 1.29 is 23.1 Å². The van der Waals surface area contributed by atoms with E-state index in [2.05, 4.69) is 5.32 Å². The summed E-state index contributed by atoms with van der Waals surface area (Å²) in [5.41, 5.74) is -0.872. The second kappa shape index (κ2) is 6.65. The van der Waals surface area contributed by atoms with Gasteiger partial charge in [0.05, 0.1) is 17.1 Å². The minimum atomic E-state index is -4.24. The lowest BCUT2D eigenvalue weighted by molar-refractivity contribution is -0.120. The zero-order valence-corrected chi connectivity index (χ0v) is 10.9. The summed E-state index contributed by atoms with van der Waals surface area (Å²) < 4.78 is 35.6. The number of amides is 1. The molecule has 0 aromatic carbocycles. The summed E-state index contributed by atoms with van der Waals surface area (Å²) in [5, 5.41) is 12.6. The first-order chi connectivity index (χ1) is 8.31. The van der Waals surface area contributed by atoms with Crippen molar-refractivity contribution in [2.45, 2.75) is 43.9 Å². The lowest BCUT2D eigenvalue weighted by Gasteiger charge is -2.32. The van der Waals surface area contributed by atoms with Gasteiger partial charge in [-0.3, -0.25) is 4.79 Å². The Labute approximate surface area is 109 Å². The number of aliphatic hydroxyl groups is 1. The van der Waals surface area contributed by atoms with Crippen LogP contribution in [0, 0.1) is 0 Å². The van der Waals surface area contributed by atoms with E-state index in [9.17, 15) is 23.1 Å². The number of nitrogens with one attached hydrogen (secondary N) is 1. The van der Waals surface area contributed by atoms with Crippen LogP contribution in [0.5, 0.6) is 0 Å². The van der Waals surface area contributed by atoms with Crippen molar-refractivity contribution in [2.75, 3.05) is 18.1 Å². The van der Waals surface area contributed by atoms with Gasteiger partial charge in [-0.05, 0) is 12.8 Å². The van der Waals surface area contributed by atoms with Gasteiger partial charge in [0.25, 0.3) is 0 Å². The Balaban J connectivity index is 2.16. The molecule has 0 bridgehead atoms. The first kappa shape index (κ1) is 15.6. The molecule has 1 amide bonds. The monoisotopic (exact) mass is 285 g/mol. The van der Waals surface area contributed by atoms with E-state index in [1.165, 1.54) is 0 Å². The standard InChI is InChI=1S/C11H18F3NO2S/c12-11(13,14)8-18-6-9(16)15-7-10(17)4-2-1-3-5-10/h17H,1-8H2,(H,15,16). The fourth-order valence-electron chi connectivity index (χ4n) is 1.96. The largest absolute Gasteiger partial charge is 0.397 e. The lowest BCUT2D eigenvalue weighted by Crippen LogP contribution is -2.44. The van der Waals surface area contributed by atoms with Crippen molar-refractivity contribution in [1.29, 1.82) is 0 Å². The van der Waals surface area contributed by atoms with Crippen LogP contribution in [0.3, 0.4) is 0 Å². The molecule has 0 unspecified atom stereocenters. The highest BCUT2D eigenvalue weighted by atomic mass is 32.2. The van der Waals surface area contributed by atoms with Crippen LogP contribution in [0.25, 0.3) is 0 Å². The van der Waals surface area contributed by atoms with E-state index in [1.807, 2.05) is 0 Å². The Morgan fingerprint density at radius 2 is 1.89 bits per heavy atom. The molecule has 1 aliphatic rings. The van der Waals surface area contributed by atoms with Gasteiger partial charge in [0, 0.05) is 6.54 Å². The van der Waals surface area contributed by atoms with E-state index in [0.717, 1.165) is 19.3 Å². The SMILES string of the molecule is O=C(CSCC(F)(F)F)NCC1(O)CCCCC1. The minimum absolute atomic E-state index is 0.137. The van der Waals surface area contributed by atoms with Crippen LogP contribution in [0.2, 0.25) is 0 Å². The highest BCUT2D eigenvalue weighted by Crippen LogP contribution is 2.27. The maximum Gasteiger partial charge on any atom is 0.397 e. The molecule has 1 fully saturated rings. The summed E-state index contributed by atoms with van der Waals surface area (Å²) in [6, 6.07) is 0. The van der Waals surface area contributed by atoms with Gasteiger partial charge in [0.15, 0.2) is 0 Å². The predicted molar refractivity (Wildman–Crippen MR) is 64.4 cm³/mol. The van der Waals surface area contributed by atoms with Gasteiger partial charge >= 0.3 is 6.18 Å². The number of rotatable bonds is 5. The molecular weight excluding hydrogens is 267 g/mol. The summed E-state index contributed by atoms with van der Waals surface area (Å²) >= 11 is 0.535. The van der Waals surface area contributed by atoms with Gasteiger partial charge in [-0.15, -0.1) is 11.8 Å². The molecule has 0 radical (unpaired) electrons. The summed E-state index contributed by atoms with van der Waals surface area (Å²) in [4.78, 5) is 11.3. The summed E-state index contributed by atoms with van der Waals surface area (Å²) in [6.45, 7) is 0.137. The quantitative estimate of drug-likeness (QED) is 0.813. The van der Waals surface area contributed by atoms with Gasteiger partial charge in [0.2, 0.25) is 5.91 Å². The third-order valence-electron chi connectivity index (χ3n) is 2.90. The van der Waals surface area contributed by atoms with Crippen LogP contribution >= 0.6 is 11.8 Å².